The highest BCUT2D eigenvalue weighted by Gasteiger charge is 2.34. The highest BCUT2D eigenvalue weighted by atomic mass is 35.5. The molecule has 0 spiro atoms. The number of hydrogen-bond donors (Lipinski definition) is 2. The maximum atomic E-state index is 12.3. The SMILES string of the molecule is Cl.O=C(NC(Cc1ccccc1)C1CC1)C1CNCCO1. The lowest BCUT2D eigenvalue weighted by Crippen LogP contribution is -2.51. The van der Waals surface area contributed by atoms with E-state index in [0.29, 0.717) is 19.1 Å². The van der Waals surface area contributed by atoms with Crippen LogP contribution in [0.5, 0.6) is 0 Å². The molecule has 2 atom stereocenters. The van der Waals surface area contributed by atoms with Crippen LogP contribution in [0.15, 0.2) is 30.3 Å². The molecule has 21 heavy (non-hydrogen) atoms. The lowest BCUT2D eigenvalue weighted by molar-refractivity contribution is -0.135. The highest BCUT2D eigenvalue weighted by molar-refractivity contribution is 5.85. The zero-order valence-corrected chi connectivity index (χ0v) is 12.9. The number of rotatable bonds is 5. The van der Waals surface area contributed by atoms with Crippen molar-refractivity contribution in [2.24, 2.45) is 5.92 Å². The van der Waals surface area contributed by atoms with Gasteiger partial charge in [-0.25, -0.2) is 0 Å². The molecule has 4 nitrogen and oxygen atoms in total. The fourth-order valence-corrected chi connectivity index (χ4v) is 2.71. The van der Waals surface area contributed by atoms with Gasteiger partial charge in [0.15, 0.2) is 0 Å². The van der Waals surface area contributed by atoms with E-state index < -0.39 is 0 Å². The van der Waals surface area contributed by atoms with E-state index in [1.54, 1.807) is 0 Å². The van der Waals surface area contributed by atoms with Gasteiger partial charge < -0.3 is 15.4 Å². The van der Waals surface area contributed by atoms with E-state index in [9.17, 15) is 4.79 Å². The first-order chi connectivity index (χ1) is 9.83. The van der Waals surface area contributed by atoms with Gasteiger partial charge in [-0.3, -0.25) is 4.79 Å². The van der Waals surface area contributed by atoms with Crippen LogP contribution < -0.4 is 10.6 Å². The summed E-state index contributed by atoms with van der Waals surface area (Å²) >= 11 is 0. The number of halogens is 1. The lowest BCUT2D eigenvalue weighted by Gasteiger charge is -2.26. The zero-order valence-electron chi connectivity index (χ0n) is 12.1. The minimum atomic E-state index is -0.333. The average Bonchev–Trinajstić information content (AvgIpc) is 3.33. The molecule has 3 rings (SSSR count). The Balaban J connectivity index is 0.00000161. The quantitative estimate of drug-likeness (QED) is 0.867. The molecule has 1 amide bonds. The maximum absolute atomic E-state index is 12.3. The Morgan fingerprint density at radius 1 is 1.33 bits per heavy atom. The Bertz CT molecular complexity index is 445. The first-order valence-electron chi connectivity index (χ1n) is 7.49. The summed E-state index contributed by atoms with van der Waals surface area (Å²) < 4.78 is 5.52. The van der Waals surface area contributed by atoms with Crippen LogP contribution in [0.3, 0.4) is 0 Å². The van der Waals surface area contributed by atoms with Crippen molar-refractivity contribution in [1.29, 1.82) is 0 Å². The summed E-state index contributed by atoms with van der Waals surface area (Å²) in [5.41, 5.74) is 1.28. The van der Waals surface area contributed by atoms with Crippen molar-refractivity contribution in [2.75, 3.05) is 19.7 Å². The molecule has 2 N–H and O–H groups in total. The molecule has 2 aliphatic rings. The van der Waals surface area contributed by atoms with Crippen LogP contribution in [0.1, 0.15) is 18.4 Å². The Morgan fingerprint density at radius 2 is 2.10 bits per heavy atom. The smallest absolute Gasteiger partial charge is 0.250 e. The van der Waals surface area contributed by atoms with Crippen LogP contribution in [-0.4, -0.2) is 37.7 Å². The van der Waals surface area contributed by atoms with Gasteiger partial charge in [-0.2, -0.15) is 0 Å². The summed E-state index contributed by atoms with van der Waals surface area (Å²) in [6.07, 6.45) is 3.03. The molecule has 2 unspecified atom stereocenters. The van der Waals surface area contributed by atoms with Crippen LogP contribution in [0.4, 0.5) is 0 Å². The predicted octanol–water partition coefficient (Wildman–Crippen LogP) is 1.53. The third-order valence-electron chi connectivity index (χ3n) is 4.04. The summed E-state index contributed by atoms with van der Waals surface area (Å²) in [4.78, 5) is 12.3. The normalized spacial score (nSPS) is 23.0. The van der Waals surface area contributed by atoms with Crippen LogP contribution >= 0.6 is 12.4 Å². The number of morpholine rings is 1. The molecule has 1 saturated heterocycles. The van der Waals surface area contributed by atoms with Crippen molar-refractivity contribution in [3.63, 3.8) is 0 Å². The summed E-state index contributed by atoms with van der Waals surface area (Å²) in [5, 5.41) is 6.39. The zero-order chi connectivity index (χ0) is 13.8. The molecule has 0 aromatic heterocycles. The largest absolute Gasteiger partial charge is 0.366 e. The minimum absolute atomic E-state index is 0. The molecular formula is C16H23ClN2O2. The predicted molar refractivity (Wildman–Crippen MR) is 84.7 cm³/mol. The number of carbonyl (C=O) groups excluding carboxylic acids is 1. The van der Waals surface area contributed by atoms with E-state index in [1.165, 1.54) is 18.4 Å². The number of amides is 1. The number of benzene rings is 1. The van der Waals surface area contributed by atoms with Gasteiger partial charge in [0.25, 0.3) is 5.91 Å². The monoisotopic (exact) mass is 310 g/mol. The second-order valence-electron chi connectivity index (χ2n) is 5.71. The fourth-order valence-electron chi connectivity index (χ4n) is 2.71. The molecule has 1 aliphatic carbocycles. The number of ether oxygens (including phenoxy) is 1. The van der Waals surface area contributed by atoms with Gasteiger partial charge in [-0.15, -0.1) is 12.4 Å². The van der Waals surface area contributed by atoms with Crippen LogP contribution in [0.25, 0.3) is 0 Å². The molecule has 1 aliphatic heterocycles. The van der Waals surface area contributed by atoms with Gasteiger partial charge in [0, 0.05) is 19.1 Å². The van der Waals surface area contributed by atoms with E-state index >= 15 is 0 Å². The third kappa shape index (κ3) is 4.70. The molecule has 1 aromatic carbocycles. The van der Waals surface area contributed by atoms with Gasteiger partial charge in [0.1, 0.15) is 6.10 Å². The molecule has 116 valence electrons. The molecule has 5 heteroatoms. The summed E-state index contributed by atoms with van der Waals surface area (Å²) in [6, 6.07) is 10.6. The number of hydrogen-bond acceptors (Lipinski definition) is 3. The Labute approximate surface area is 132 Å². The lowest BCUT2D eigenvalue weighted by atomic mass is 10.0. The van der Waals surface area contributed by atoms with Crippen molar-refractivity contribution >= 4 is 18.3 Å². The van der Waals surface area contributed by atoms with E-state index in [4.69, 9.17) is 4.74 Å². The minimum Gasteiger partial charge on any atom is -0.366 e. The van der Waals surface area contributed by atoms with E-state index in [1.807, 2.05) is 6.07 Å². The van der Waals surface area contributed by atoms with Crippen molar-refractivity contribution < 1.29 is 9.53 Å². The Morgan fingerprint density at radius 3 is 2.71 bits per heavy atom. The van der Waals surface area contributed by atoms with Gasteiger partial charge >= 0.3 is 0 Å². The van der Waals surface area contributed by atoms with Crippen molar-refractivity contribution in [2.45, 2.75) is 31.4 Å². The molecule has 0 radical (unpaired) electrons. The van der Waals surface area contributed by atoms with E-state index in [0.717, 1.165) is 13.0 Å². The summed E-state index contributed by atoms with van der Waals surface area (Å²) in [6.45, 7) is 2.07. The van der Waals surface area contributed by atoms with E-state index in [-0.39, 0.29) is 30.5 Å². The topological polar surface area (TPSA) is 50.4 Å². The molecule has 0 bridgehead atoms. The first-order valence-corrected chi connectivity index (χ1v) is 7.49. The molecular weight excluding hydrogens is 288 g/mol. The average molecular weight is 311 g/mol. The third-order valence-corrected chi connectivity index (χ3v) is 4.04. The van der Waals surface area contributed by atoms with Gasteiger partial charge in [0.05, 0.1) is 6.61 Å². The van der Waals surface area contributed by atoms with Gasteiger partial charge in [-0.05, 0) is 30.7 Å². The molecule has 1 heterocycles. The van der Waals surface area contributed by atoms with Gasteiger partial charge in [0.2, 0.25) is 0 Å². The van der Waals surface area contributed by atoms with Crippen LogP contribution in [0.2, 0.25) is 0 Å². The van der Waals surface area contributed by atoms with Crippen LogP contribution in [-0.2, 0) is 16.0 Å². The molecule has 1 saturated carbocycles. The number of nitrogens with one attached hydrogen (secondary N) is 2. The van der Waals surface area contributed by atoms with Crippen LogP contribution in [0, 0.1) is 5.92 Å². The Kier molecular flexibility index (Phi) is 6.03. The standard InChI is InChI=1S/C16H22N2O2.ClH/c19-16(15-11-17-8-9-20-15)18-14(13-6-7-13)10-12-4-2-1-3-5-12;/h1-5,13-15,17H,6-11H2,(H,18,19);1H. The van der Waals surface area contributed by atoms with Crippen molar-refractivity contribution in [3.05, 3.63) is 35.9 Å². The molecule has 1 aromatic rings. The van der Waals surface area contributed by atoms with Gasteiger partial charge in [-0.1, -0.05) is 30.3 Å². The first kappa shape index (κ1) is 16.3. The summed E-state index contributed by atoms with van der Waals surface area (Å²) in [7, 11) is 0. The second-order valence-corrected chi connectivity index (χ2v) is 5.71. The Hall–Kier alpha value is -1.10. The fraction of sp³-hybridized carbons (Fsp3) is 0.562. The molecule has 2 fully saturated rings. The van der Waals surface area contributed by atoms with E-state index in [2.05, 4.69) is 34.9 Å². The highest BCUT2D eigenvalue weighted by Crippen LogP contribution is 2.34. The van der Waals surface area contributed by atoms with Crippen molar-refractivity contribution in [1.82, 2.24) is 10.6 Å². The second kappa shape index (κ2) is 7.78. The maximum Gasteiger partial charge on any atom is 0.250 e. The number of carbonyl (C=O) groups is 1. The van der Waals surface area contributed by atoms with Crippen molar-refractivity contribution in [3.8, 4) is 0 Å². The summed E-state index contributed by atoms with van der Waals surface area (Å²) in [5.74, 6) is 0.667.